The molecule has 1 aliphatic rings. The van der Waals surface area contributed by atoms with Gasteiger partial charge in [-0.2, -0.15) is 0 Å². The number of carbonyl (C=O) groups excluding carboxylic acids is 2. The maximum absolute atomic E-state index is 12.7. The number of benzene rings is 1. The zero-order valence-corrected chi connectivity index (χ0v) is 18.1. The second-order valence-electron chi connectivity index (χ2n) is 8.08. The SMILES string of the molecule is CN(C)CC(=O)NCC1CCC(c2c(C(=O)NCCO)sc3ccccc23)CC1. The molecular formula is C22H31N3O3S. The summed E-state index contributed by atoms with van der Waals surface area (Å²) in [6, 6.07) is 8.21. The third-order valence-corrected chi connectivity index (χ3v) is 6.73. The number of amides is 2. The highest BCUT2D eigenvalue weighted by Gasteiger charge is 2.29. The Bertz CT molecular complexity index is 841. The number of hydrogen-bond acceptors (Lipinski definition) is 5. The zero-order valence-electron chi connectivity index (χ0n) is 17.2. The molecule has 1 heterocycles. The fraction of sp³-hybridized carbons (Fsp3) is 0.545. The quantitative estimate of drug-likeness (QED) is 0.617. The van der Waals surface area contributed by atoms with Crippen LogP contribution in [0.4, 0.5) is 0 Å². The minimum absolute atomic E-state index is 0.0589. The van der Waals surface area contributed by atoms with Crippen molar-refractivity contribution in [1.82, 2.24) is 15.5 Å². The zero-order chi connectivity index (χ0) is 20.8. The summed E-state index contributed by atoms with van der Waals surface area (Å²) in [6.45, 7) is 1.36. The van der Waals surface area contributed by atoms with Crippen LogP contribution in [0.3, 0.4) is 0 Å². The van der Waals surface area contributed by atoms with Gasteiger partial charge in [-0.15, -0.1) is 11.3 Å². The van der Waals surface area contributed by atoms with E-state index in [1.165, 1.54) is 5.39 Å². The average molecular weight is 418 g/mol. The highest BCUT2D eigenvalue weighted by atomic mass is 32.1. The van der Waals surface area contributed by atoms with Gasteiger partial charge in [-0.1, -0.05) is 18.2 Å². The highest BCUT2D eigenvalue weighted by Crippen LogP contribution is 2.43. The van der Waals surface area contributed by atoms with Crippen molar-refractivity contribution >= 4 is 33.2 Å². The molecule has 0 saturated heterocycles. The van der Waals surface area contributed by atoms with E-state index >= 15 is 0 Å². The molecule has 3 N–H and O–H groups in total. The van der Waals surface area contributed by atoms with Crippen molar-refractivity contribution in [3.05, 3.63) is 34.7 Å². The molecule has 0 unspecified atom stereocenters. The maximum Gasteiger partial charge on any atom is 0.261 e. The molecule has 2 amide bonds. The largest absolute Gasteiger partial charge is 0.395 e. The van der Waals surface area contributed by atoms with E-state index in [0.717, 1.165) is 47.4 Å². The van der Waals surface area contributed by atoms with Crippen LogP contribution in [0.1, 0.15) is 46.8 Å². The lowest BCUT2D eigenvalue weighted by atomic mass is 9.77. The van der Waals surface area contributed by atoms with Gasteiger partial charge in [-0.25, -0.2) is 0 Å². The van der Waals surface area contributed by atoms with Gasteiger partial charge in [0, 0.05) is 17.8 Å². The van der Waals surface area contributed by atoms with E-state index in [4.69, 9.17) is 5.11 Å². The highest BCUT2D eigenvalue weighted by molar-refractivity contribution is 7.21. The van der Waals surface area contributed by atoms with Crippen LogP contribution in [0.5, 0.6) is 0 Å². The van der Waals surface area contributed by atoms with Crippen molar-refractivity contribution in [2.24, 2.45) is 5.92 Å². The van der Waals surface area contributed by atoms with Gasteiger partial charge in [0.2, 0.25) is 5.91 Å². The third kappa shape index (κ3) is 5.56. The summed E-state index contributed by atoms with van der Waals surface area (Å²) in [7, 11) is 3.79. The lowest BCUT2D eigenvalue weighted by Crippen LogP contribution is -2.37. The summed E-state index contributed by atoms with van der Waals surface area (Å²) in [6.07, 6.45) is 4.15. The molecule has 0 bridgehead atoms. The Morgan fingerprint density at radius 3 is 2.55 bits per heavy atom. The van der Waals surface area contributed by atoms with Crippen LogP contribution in [-0.4, -0.2) is 62.2 Å². The van der Waals surface area contributed by atoms with Gasteiger partial charge in [0.25, 0.3) is 5.91 Å². The Balaban J connectivity index is 1.68. The predicted molar refractivity (Wildman–Crippen MR) is 118 cm³/mol. The van der Waals surface area contributed by atoms with Crippen molar-refractivity contribution in [3.8, 4) is 0 Å². The van der Waals surface area contributed by atoms with Crippen molar-refractivity contribution in [2.75, 3.05) is 40.3 Å². The lowest BCUT2D eigenvalue weighted by molar-refractivity contribution is -0.121. The van der Waals surface area contributed by atoms with E-state index in [1.54, 1.807) is 11.3 Å². The number of nitrogens with one attached hydrogen (secondary N) is 2. The molecule has 2 aromatic rings. The Hall–Kier alpha value is -1.96. The van der Waals surface area contributed by atoms with E-state index in [0.29, 0.717) is 18.4 Å². The van der Waals surface area contributed by atoms with Crippen molar-refractivity contribution in [1.29, 1.82) is 0 Å². The van der Waals surface area contributed by atoms with Gasteiger partial charge >= 0.3 is 0 Å². The summed E-state index contributed by atoms with van der Waals surface area (Å²) in [5.41, 5.74) is 1.16. The number of hydrogen-bond donors (Lipinski definition) is 3. The fourth-order valence-electron chi connectivity index (χ4n) is 4.15. The summed E-state index contributed by atoms with van der Waals surface area (Å²) < 4.78 is 1.13. The first-order chi connectivity index (χ1) is 14.0. The molecule has 1 fully saturated rings. The van der Waals surface area contributed by atoms with Crippen molar-refractivity contribution in [3.63, 3.8) is 0 Å². The fourth-order valence-corrected chi connectivity index (χ4v) is 5.35. The van der Waals surface area contributed by atoms with Crippen LogP contribution in [0, 0.1) is 5.92 Å². The van der Waals surface area contributed by atoms with Crippen molar-refractivity contribution < 1.29 is 14.7 Å². The Labute approximate surface area is 176 Å². The predicted octanol–water partition coefficient (Wildman–Crippen LogP) is 2.58. The van der Waals surface area contributed by atoms with Crippen LogP contribution < -0.4 is 10.6 Å². The first-order valence-corrected chi connectivity index (χ1v) is 11.1. The minimum atomic E-state index is -0.0895. The number of nitrogens with zero attached hydrogens (tertiary/aromatic N) is 1. The summed E-state index contributed by atoms with van der Waals surface area (Å²) in [5, 5.41) is 16.1. The number of aliphatic hydroxyl groups is 1. The van der Waals surface area contributed by atoms with E-state index in [2.05, 4.69) is 22.8 Å². The van der Waals surface area contributed by atoms with Gasteiger partial charge in [-0.05, 0) is 68.6 Å². The van der Waals surface area contributed by atoms with Crippen LogP contribution in [0.2, 0.25) is 0 Å². The number of rotatable bonds is 8. The Morgan fingerprint density at radius 2 is 1.86 bits per heavy atom. The number of thiophene rings is 1. The molecule has 3 rings (SSSR count). The molecule has 1 aliphatic carbocycles. The Morgan fingerprint density at radius 1 is 1.14 bits per heavy atom. The van der Waals surface area contributed by atoms with Gasteiger partial charge in [0.15, 0.2) is 0 Å². The summed E-state index contributed by atoms with van der Waals surface area (Å²) in [5.74, 6) is 0.834. The maximum atomic E-state index is 12.7. The topological polar surface area (TPSA) is 81.7 Å². The molecule has 0 spiro atoms. The van der Waals surface area contributed by atoms with Gasteiger partial charge in [0.05, 0.1) is 18.0 Å². The second-order valence-corrected chi connectivity index (χ2v) is 9.13. The van der Waals surface area contributed by atoms with E-state index in [9.17, 15) is 9.59 Å². The van der Waals surface area contributed by atoms with Crippen LogP contribution in [-0.2, 0) is 4.79 Å². The van der Waals surface area contributed by atoms with E-state index in [-0.39, 0.29) is 25.0 Å². The number of carbonyl (C=O) groups is 2. The van der Waals surface area contributed by atoms with Crippen LogP contribution in [0.25, 0.3) is 10.1 Å². The first kappa shape index (κ1) is 21.7. The standard InChI is InChI=1S/C22H31N3O3S/c1-25(2)14-19(27)24-13-15-7-9-16(10-8-15)20-17-5-3-4-6-18(17)29-21(20)22(28)23-11-12-26/h3-6,15-16,26H,7-14H2,1-2H3,(H,23,28)(H,24,27). The van der Waals surface area contributed by atoms with E-state index < -0.39 is 0 Å². The average Bonchev–Trinajstić information content (AvgIpc) is 3.10. The molecule has 1 saturated carbocycles. The second kappa shape index (κ2) is 10.2. The smallest absolute Gasteiger partial charge is 0.261 e. The third-order valence-electron chi connectivity index (χ3n) is 5.54. The van der Waals surface area contributed by atoms with Gasteiger partial charge in [-0.3, -0.25) is 9.59 Å². The number of likely N-dealkylation sites (N-methyl/N-ethyl adjacent to an activating group) is 1. The van der Waals surface area contributed by atoms with Crippen molar-refractivity contribution in [2.45, 2.75) is 31.6 Å². The molecule has 0 aliphatic heterocycles. The molecule has 0 radical (unpaired) electrons. The molecule has 29 heavy (non-hydrogen) atoms. The summed E-state index contributed by atoms with van der Waals surface area (Å²) >= 11 is 1.54. The normalized spacial score (nSPS) is 19.4. The van der Waals surface area contributed by atoms with Crippen LogP contribution in [0.15, 0.2) is 24.3 Å². The van der Waals surface area contributed by atoms with E-state index in [1.807, 2.05) is 31.1 Å². The minimum Gasteiger partial charge on any atom is -0.395 e. The molecule has 0 atom stereocenters. The molecule has 1 aromatic heterocycles. The molecule has 158 valence electrons. The van der Waals surface area contributed by atoms with Crippen LogP contribution >= 0.6 is 11.3 Å². The number of fused-ring (bicyclic) bond motifs is 1. The first-order valence-electron chi connectivity index (χ1n) is 10.3. The summed E-state index contributed by atoms with van der Waals surface area (Å²) in [4.78, 5) is 27.2. The molecule has 7 heteroatoms. The molecule has 1 aromatic carbocycles. The van der Waals surface area contributed by atoms with Gasteiger partial charge in [0.1, 0.15) is 0 Å². The monoisotopic (exact) mass is 417 g/mol. The Kier molecular flexibility index (Phi) is 7.64. The van der Waals surface area contributed by atoms with Gasteiger partial charge < -0.3 is 20.6 Å². The molecular weight excluding hydrogens is 386 g/mol. The molecule has 6 nitrogen and oxygen atoms in total. The number of aliphatic hydroxyl groups excluding tert-OH is 1. The lowest BCUT2D eigenvalue weighted by Gasteiger charge is -2.29.